The van der Waals surface area contributed by atoms with Crippen LogP contribution in [0, 0.1) is 6.92 Å². The van der Waals surface area contributed by atoms with E-state index in [1.165, 1.54) is 22.3 Å². The zero-order valence-corrected chi connectivity index (χ0v) is 11.2. The number of aromatic nitrogens is 1. The zero-order valence-electron chi connectivity index (χ0n) is 10.4. The molecule has 1 N–H and O–H groups in total. The molecule has 1 aliphatic rings. The highest BCUT2D eigenvalue weighted by atomic mass is 32.1. The molecule has 1 aliphatic heterocycles. The largest absolute Gasteiger partial charge is 0.480 e. The first-order valence-corrected chi connectivity index (χ1v) is 6.67. The van der Waals surface area contributed by atoms with Crippen molar-refractivity contribution < 1.29 is 19.4 Å². The van der Waals surface area contributed by atoms with Crippen molar-refractivity contribution in [2.45, 2.75) is 13.0 Å². The Morgan fingerprint density at radius 2 is 2.42 bits per heavy atom. The molecule has 0 unspecified atom stereocenters. The third kappa shape index (κ3) is 3.39. The number of hydrogen-bond acceptors (Lipinski definition) is 5. The van der Waals surface area contributed by atoms with Crippen molar-refractivity contribution in [1.29, 1.82) is 0 Å². The van der Waals surface area contributed by atoms with Crippen LogP contribution in [0.3, 0.4) is 0 Å². The molecule has 7 heteroatoms. The van der Waals surface area contributed by atoms with E-state index in [9.17, 15) is 9.59 Å². The highest BCUT2D eigenvalue weighted by molar-refractivity contribution is 7.09. The Bertz CT molecular complexity index is 512. The molecule has 1 aromatic rings. The Kier molecular flexibility index (Phi) is 4.28. The van der Waals surface area contributed by atoms with Crippen LogP contribution in [0.15, 0.2) is 11.5 Å². The first kappa shape index (κ1) is 13.7. The van der Waals surface area contributed by atoms with E-state index in [-0.39, 0.29) is 19.1 Å². The fourth-order valence-electron chi connectivity index (χ4n) is 1.78. The molecule has 0 aliphatic carbocycles. The van der Waals surface area contributed by atoms with Crippen LogP contribution in [-0.4, -0.2) is 52.7 Å². The molecule has 0 spiro atoms. The molecule has 19 heavy (non-hydrogen) atoms. The van der Waals surface area contributed by atoms with Crippen LogP contribution in [0.4, 0.5) is 0 Å². The van der Waals surface area contributed by atoms with Gasteiger partial charge in [0.05, 0.1) is 23.9 Å². The number of aryl methyl sites for hydroxylation is 1. The Balaban J connectivity index is 2.05. The number of carboxylic acids is 1. The summed E-state index contributed by atoms with van der Waals surface area (Å²) in [4.78, 5) is 28.5. The van der Waals surface area contributed by atoms with Gasteiger partial charge in [-0.1, -0.05) is 0 Å². The summed E-state index contributed by atoms with van der Waals surface area (Å²) in [5, 5.41) is 11.8. The average molecular weight is 282 g/mol. The molecule has 0 aromatic carbocycles. The van der Waals surface area contributed by atoms with E-state index in [2.05, 4.69) is 4.98 Å². The number of ether oxygens (including phenoxy) is 1. The van der Waals surface area contributed by atoms with E-state index in [0.717, 1.165) is 5.01 Å². The van der Waals surface area contributed by atoms with Crippen molar-refractivity contribution in [1.82, 2.24) is 9.88 Å². The topological polar surface area (TPSA) is 79.7 Å². The first-order valence-electron chi connectivity index (χ1n) is 5.79. The predicted molar refractivity (Wildman–Crippen MR) is 69.8 cm³/mol. The summed E-state index contributed by atoms with van der Waals surface area (Å²) >= 11 is 1.50. The molecular formula is C12H14N2O4S. The monoisotopic (exact) mass is 282 g/mol. The predicted octanol–water partition coefficient (Wildman–Crippen LogP) is 0.777. The summed E-state index contributed by atoms with van der Waals surface area (Å²) in [6.45, 7) is 2.56. The van der Waals surface area contributed by atoms with Crippen LogP contribution >= 0.6 is 11.3 Å². The number of carboxylic acid groups (broad SMARTS) is 1. The second-order valence-corrected chi connectivity index (χ2v) is 5.15. The molecule has 1 aromatic heterocycles. The lowest BCUT2D eigenvalue weighted by Gasteiger charge is -2.31. The lowest BCUT2D eigenvalue weighted by molar-refractivity contribution is -0.156. The van der Waals surface area contributed by atoms with Crippen LogP contribution in [0.5, 0.6) is 0 Å². The summed E-state index contributed by atoms with van der Waals surface area (Å²) in [6, 6.07) is -0.914. The fraction of sp³-hybridized carbons (Fsp3) is 0.417. The minimum absolute atomic E-state index is 0.0325. The number of aliphatic carboxylic acids is 1. The zero-order chi connectivity index (χ0) is 13.8. The molecule has 1 fully saturated rings. The number of hydrogen-bond donors (Lipinski definition) is 1. The lowest BCUT2D eigenvalue weighted by Crippen LogP contribution is -2.52. The van der Waals surface area contributed by atoms with E-state index in [1.807, 2.05) is 12.3 Å². The minimum atomic E-state index is -1.05. The van der Waals surface area contributed by atoms with E-state index >= 15 is 0 Å². The van der Waals surface area contributed by atoms with Gasteiger partial charge in [-0.2, -0.15) is 0 Å². The molecule has 1 saturated heterocycles. The normalized spacial score (nSPS) is 19.8. The SMILES string of the molecule is Cc1nc(/C=C\C(=O)N2CCOC[C@H]2C(=O)O)cs1. The number of carbonyl (C=O) groups is 2. The van der Waals surface area contributed by atoms with Crippen molar-refractivity contribution in [2.24, 2.45) is 0 Å². The number of rotatable bonds is 3. The summed E-state index contributed by atoms with van der Waals surface area (Å²) in [5.41, 5.74) is 0.705. The van der Waals surface area contributed by atoms with Gasteiger partial charge in [-0.3, -0.25) is 4.79 Å². The van der Waals surface area contributed by atoms with Crippen LogP contribution in [0.2, 0.25) is 0 Å². The van der Waals surface area contributed by atoms with E-state index in [4.69, 9.17) is 9.84 Å². The highest BCUT2D eigenvalue weighted by Crippen LogP contribution is 2.11. The third-order valence-electron chi connectivity index (χ3n) is 2.73. The van der Waals surface area contributed by atoms with Crippen molar-refractivity contribution in [3.05, 3.63) is 22.2 Å². The summed E-state index contributed by atoms with van der Waals surface area (Å²) in [6.07, 6.45) is 2.95. The molecule has 2 heterocycles. The average Bonchev–Trinajstić information content (AvgIpc) is 2.81. The fourth-order valence-corrected chi connectivity index (χ4v) is 2.36. The number of amides is 1. The molecule has 1 amide bonds. The van der Waals surface area contributed by atoms with Crippen molar-refractivity contribution >= 4 is 29.3 Å². The van der Waals surface area contributed by atoms with Gasteiger partial charge in [0.1, 0.15) is 0 Å². The van der Waals surface area contributed by atoms with Crippen LogP contribution < -0.4 is 0 Å². The van der Waals surface area contributed by atoms with Gasteiger partial charge in [0.15, 0.2) is 6.04 Å². The number of morpholine rings is 1. The summed E-state index contributed by atoms with van der Waals surface area (Å²) in [7, 11) is 0. The second-order valence-electron chi connectivity index (χ2n) is 4.09. The smallest absolute Gasteiger partial charge is 0.328 e. The van der Waals surface area contributed by atoms with Crippen molar-refractivity contribution in [3.8, 4) is 0 Å². The van der Waals surface area contributed by atoms with E-state index < -0.39 is 12.0 Å². The number of carbonyl (C=O) groups excluding carboxylic acids is 1. The molecule has 0 saturated carbocycles. The summed E-state index contributed by atoms with van der Waals surface area (Å²) < 4.78 is 5.08. The Morgan fingerprint density at radius 3 is 3.05 bits per heavy atom. The maximum absolute atomic E-state index is 12.0. The van der Waals surface area contributed by atoms with Gasteiger partial charge >= 0.3 is 5.97 Å². The van der Waals surface area contributed by atoms with Gasteiger partial charge in [-0.25, -0.2) is 9.78 Å². The van der Waals surface area contributed by atoms with Gasteiger partial charge in [0.25, 0.3) is 0 Å². The molecule has 2 rings (SSSR count). The van der Waals surface area contributed by atoms with Gasteiger partial charge in [0, 0.05) is 18.0 Å². The van der Waals surface area contributed by atoms with Gasteiger partial charge in [0.2, 0.25) is 5.91 Å². The molecule has 102 valence electrons. The van der Waals surface area contributed by atoms with Crippen LogP contribution in [0.25, 0.3) is 6.08 Å². The van der Waals surface area contributed by atoms with Crippen molar-refractivity contribution in [2.75, 3.05) is 19.8 Å². The molecule has 0 radical (unpaired) electrons. The lowest BCUT2D eigenvalue weighted by atomic mass is 10.2. The number of thiazole rings is 1. The van der Waals surface area contributed by atoms with E-state index in [1.54, 1.807) is 6.08 Å². The first-order chi connectivity index (χ1) is 9.08. The molecular weight excluding hydrogens is 268 g/mol. The van der Waals surface area contributed by atoms with E-state index in [0.29, 0.717) is 12.3 Å². The van der Waals surface area contributed by atoms with Crippen LogP contribution in [0.1, 0.15) is 10.7 Å². The number of nitrogens with zero attached hydrogens (tertiary/aromatic N) is 2. The minimum Gasteiger partial charge on any atom is -0.480 e. The Labute approximate surface area is 114 Å². The maximum Gasteiger partial charge on any atom is 0.328 e. The van der Waals surface area contributed by atoms with Gasteiger partial charge < -0.3 is 14.7 Å². The highest BCUT2D eigenvalue weighted by Gasteiger charge is 2.31. The van der Waals surface area contributed by atoms with Crippen molar-refractivity contribution in [3.63, 3.8) is 0 Å². The summed E-state index contributed by atoms with van der Waals surface area (Å²) in [5.74, 6) is -1.38. The van der Waals surface area contributed by atoms with Crippen LogP contribution in [-0.2, 0) is 14.3 Å². The van der Waals surface area contributed by atoms with Gasteiger partial charge in [-0.15, -0.1) is 11.3 Å². The Morgan fingerprint density at radius 1 is 1.63 bits per heavy atom. The van der Waals surface area contributed by atoms with Gasteiger partial charge in [-0.05, 0) is 13.0 Å². The third-order valence-corrected chi connectivity index (χ3v) is 3.52. The standard InChI is InChI=1S/C12H14N2O4S/c1-8-13-9(7-19-8)2-3-11(15)14-4-5-18-6-10(14)12(16)17/h2-3,7,10H,4-6H2,1H3,(H,16,17)/b3-2-/t10-/m0/s1. The maximum atomic E-state index is 12.0. The second kappa shape index (κ2) is 5.94. The molecule has 6 nitrogen and oxygen atoms in total. The molecule has 1 atom stereocenters. The quantitative estimate of drug-likeness (QED) is 0.829. The Hall–Kier alpha value is -1.73. The molecule has 0 bridgehead atoms.